The monoisotopic (exact) mass is 345 g/mol. The summed E-state index contributed by atoms with van der Waals surface area (Å²) in [4.78, 5) is 29.1. The maximum Gasteiger partial charge on any atom is 0.417 e. The molecule has 120 valence electrons. The first-order valence-electron chi connectivity index (χ1n) is 6.16. The van der Waals surface area contributed by atoms with Crippen LogP contribution in [0.15, 0.2) is 16.9 Å². The van der Waals surface area contributed by atoms with Crippen molar-refractivity contribution in [3.05, 3.63) is 44.5 Å². The largest absolute Gasteiger partial charge is 0.476 e. The number of aromatic amines is 1. The smallest absolute Gasteiger partial charge is 0.417 e. The van der Waals surface area contributed by atoms with Crippen LogP contribution >= 0.6 is 11.6 Å². The third-order valence-electron chi connectivity index (χ3n) is 3.39. The maximum absolute atomic E-state index is 12.9. The molecule has 0 aliphatic carbocycles. The number of halogens is 4. The van der Waals surface area contributed by atoms with Crippen molar-refractivity contribution in [2.75, 3.05) is 0 Å². The number of imidazole rings is 1. The van der Waals surface area contributed by atoms with Gasteiger partial charge >= 0.3 is 12.1 Å². The summed E-state index contributed by atoms with van der Waals surface area (Å²) in [6, 6.07) is 1.72. The first kappa shape index (κ1) is 15.3. The van der Waals surface area contributed by atoms with Crippen LogP contribution in [0.4, 0.5) is 13.2 Å². The van der Waals surface area contributed by atoms with Gasteiger partial charge in [-0.1, -0.05) is 11.6 Å². The molecule has 2 aromatic heterocycles. The third-order valence-corrected chi connectivity index (χ3v) is 3.71. The number of benzene rings is 1. The molecule has 0 fully saturated rings. The van der Waals surface area contributed by atoms with Gasteiger partial charge in [0.2, 0.25) is 5.65 Å². The number of aryl methyl sites for hydroxylation is 1. The highest BCUT2D eigenvalue weighted by Gasteiger charge is 2.34. The molecule has 0 unspecified atom stereocenters. The minimum atomic E-state index is -4.69. The maximum atomic E-state index is 12.9. The summed E-state index contributed by atoms with van der Waals surface area (Å²) >= 11 is 5.69. The Morgan fingerprint density at radius 1 is 1.39 bits per heavy atom. The molecule has 0 aliphatic rings. The van der Waals surface area contributed by atoms with Gasteiger partial charge in [-0.05, 0) is 19.1 Å². The van der Waals surface area contributed by atoms with E-state index in [0.717, 1.165) is 6.07 Å². The Bertz CT molecular complexity index is 1040. The number of alkyl halides is 3. The first-order valence-corrected chi connectivity index (χ1v) is 6.54. The molecule has 0 aliphatic heterocycles. The number of carboxylic acid groups (broad SMARTS) is 1. The molecule has 3 rings (SSSR count). The van der Waals surface area contributed by atoms with Crippen LogP contribution in [0, 0.1) is 6.92 Å². The van der Waals surface area contributed by atoms with Crippen LogP contribution in [-0.2, 0) is 6.18 Å². The minimum Gasteiger partial charge on any atom is -0.476 e. The summed E-state index contributed by atoms with van der Waals surface area (Å²) in [5.41, 5.74) is -2.39. The fourth-order valence-electron chi connectivity index (χ4n) is 2.39. The molecule has 0 saturated carbocycles. The molecular formula is C13H7ClF3N3O3. The lowest BCUT2D eigenvalue weighted by atomic mass is 10.2. The molecule has 10 heteroatoms. The van der Waals surface area contributed by atoms with Crippen LogP contribution in [0.5, 0.6) is 0 Å². The quantitative estimate of drug-likeness (QED) is 0.710. The van der Waals surface area contributed by atoms with E-state index in [1.807, 2.05) is 0 Å². The van der Waals surface area contributed by atoms with Gasteiger partial charge in [0.15, 0.2) is 5.69 Å². The standard InChI is InChI=1S/C13H7ClF3N3O3/c1-4-9(12(22)23)19-10-11(21)18-7-2-5(13(15,16)17)6(14)3-8(7)20(4)10/h2-3H,1H3,(H,18,21)(H,22,23). The molecule has 0 saturated heterocycles. The van der Waals surface area contributed by atoms with Gasteiger partial charge in [0, 0.05) is 0 Å². The van der Waals surface area contributed by atoms with Crippen LogP contribution in [0.2, 0.25) is 5.02 Å². The average Bonchev–Trinajstić information content (AvgIpc) is 2.77. The van der Waals surface area contributed by atoms with Gasteiger partial charge in [0.1, 0.15) is 0 Å². The van der Waals surface area contributed by atoms with Gasteiger partial charge in [-0.15, -0.1) is 0 Å². The van der Waals surface area contributed by atoms with Gasteiger partial charge in [0.25, 0.3) is 5.56 Å². The van der Waals surface area contributed by atoms with Crippen molar-refractivity contribution in [1.29, 1.82) is 0 Å². The lowest BCUT2D eigenvalue weighted by Gasteiger charge is -2.11. The van der Waals surface area contributed by atoms with Crippen LogP contribution in [0.25, 0.3) is 16.7 Å². The first-order chi connectivity index (χ1) is 10.6. The number of hydrogen-bond acceptors (Lipinski definition) is 3. The van der Waals surface area contributed by atoms with E-state index in [1.54, 1.807) is 0 Å². The van der Waals surface area contributed by atoms with E-state index in [0.29, 0.717) is 6.07 Å². The number of nitrogens with zero attached hydrogens (tertiary/aromatic N) is 2. The van der Waals surface area contributed by atoms with E-state index < -0.39 is 28.3 Å². The Balaban J connectivity index is 2.52. The molecule has 0 bridgehead atoms. The second kappa shape index (κ2) is 4.72. The number of rotatable bonds is 1. The van der Waals surface area contributed by atoms with E-state index in [9.17, 15) is 22.8 Å². The molecule has 0 spiro atoms. The second-order valence-corrected chi connectivity index (χ2v) is 5.22. The van der Waals surface area contributed by atoms with Crippen LogP contribution < -0.4 is 5.56 Å². The zero-order valence-corrected chi connectivity index (χ0v) is 12.1. The molecule has 2 N–H and O–H groups in total. The molecule has 1 aromatic carbocycles. The highest BCUT2D eigenvalue weighted by atomic mass is 35.5. The van der Waals surface area contributed by atoms with Crippen molar-refractivity contribution >= 4 is 34.3 Å². The van der Waals surface area contributed by atoms with Crippen molar-refractivity contribution in [2.24, 2.45) is 0 Å². The van der Waals surface area contributed by atoms with Crippen LogP contribution in [0.3, 0.4) is 0 Å². The Morgan fingerprint density at radius 2 is 2.04 bits per heavy atom. The van der Waals surface area contributed by atoms with Gasteiger partial charge in [0.05, 0.1) is 27.3 Å². The molecule has 6 nitrogen and oxygen atoms in total. The number of aromatic nitrogens is 3. The number of carbonyl (C=O) groups is 1. The summed E-state index contributed by atoms with van der Waals surface area (Å²) < 4.78 is 39.9. The predicted molar refractivity (Wildman–Crippen MR) is 75.0 cm³/mol. The molecule has 0 atom stereocenters. The van der Waals surface area contributed by atoms with Crippen molar-refractivity contribution in [3.63, 3.8) is 0 Å². The Morgan fingerprint density at radius 3 is 2.61 bits per heavy atom. The van der Waals surface area contributed by atoms with E-state index in [1.165, 1.54) is 11.3 Å². The lowest BCUT2D eigenvalue weighted by Crippen LogP contribution is -2.13. The molecule has 23 heavy (non-hydrogen) atoms. The molecule has 0 amide bonds. The highest BCUT2D eigenvalue weighted by molar-refractivity contribution is 6.32. The number of aromatic carboxylic acids is 1. The van der Waals surface area contributed by atoms with Crippen molar-refractivity contribution in [3.8, 4) is 0 Å². The Kier molecular flexibility index (Phi) is 3.15. The third kappa shape index (κ3) is 2.24. The topological polar surface area (TPSA) is 87.5 Å². The fraction of sp³-hybridized carbons (Fsp3) is 0.154. The zero-order valence-electron chi connectivity index (χ0n) is 11.3. The van der Waals surface area contributed by atoms with Crippen LogP contribution in [0.1, 0.15) is 21.7 Å². The van der Waals surface area contributed by atoms with E-state index in [-0.39, 0.29) is 28.1 Å². The summed E-state index contributed by atoms with van der Waals surface area (Å²) in [6.45, 7) is 1.40. The molecular weight excluding hydrogens is 339 g/mol. The zero-order chi connectivity index (χ0) is 17.1. The summed E-state index contributed by atoms with van der Waals surface area (Å²) in [5.74, 6) is -1.35. The molecule has 0 radical (unpaired) electrons. The van der Waals surface area contributed by atoms with Crippen molar-refractivity contribution in [1.82, 2.24) is 14.4 Å². The SMILES string of the molecule is Cc1c(C(=O)O)nc2c(=O)[nH]c3cc(C(F)(F)F)c(Cl)cc3n12. The van der Waals surface area contributed by atoms with E-state index >= 15 is 0 Å². The number of H-pyrrole nitrogens is 1. The predicted octanol–water partition coefficient (Wildman–Crippen LogP) is 2.85. The van der Waals surface area contributed by atoms with Crippen LogP contribution in [-0.4, -0.2) is 25.4 Å². The number of nitrogens with one attached hydrogen (secondary N) is 1. The van der Waals surface area contributed by atoms with Crippen molar-refractivity contribution < 1.29 is 23.1 Å². The van der Waals surface area contributed by atoms with Gasteiger partial charge in [-0.3, -0.25) is 9.20 Å². The van der Waals surface area contributed by atoms with E-state index in [4.69, 9.17) is 16.7 Å². The molecule has 3 aromatic rings. The van der Waals surface area contributed by atoms with Gasteiger partial charge in [-0.2, -0.15) is 13.2 Å². The number of carboxylic acids is 1. The second-order valence-electron chi connectivity index (χ2n) is 4.81. The fourth-order valence-corrected chi connectivity index (χ4v) is 2.66. The molecule has 2 heterocycles. The van der Waals surface area contributed by atoms with Gasteiger partial charge in [-0.25, -0.2) is 9.78 Å². The summed E-state index contributed by atoms with van der Waals surface area (Å²) in [5, 5.41) is 8.51. The number of hydrogen-bond donors (Lipinski definition) is 2. The lowest BCUT2D eigenvalue weighted by molar-refractivity contribution is -0.137. The number of fused-ring (bicyclic) bond motifs is 3. The van der Waals surface area contributed by atoms with Crippen molar-refractivity contribution in [2.45, 2.75) is 13.1 Å². The summed E-state index contributed by atoms with van der Waals surface area (Å²) in [6.07, 6.45) is -4.69. The normalized spacial score (nSPS) is 12.2. The Labute approximate surface area is 130 Å². The van der Waals surface area contributed by atoms with Gasteiger partial charge < -0.3 is 10.1 Å². The Hall–Kier alpha value is -2.55. The van der Waals surface area contributed by atoms with E-state index in [2.05, 4.69) is 9.97 Å². The highest BCUT2D eigenvalue weighted by Crippen LogP contribution is 2.36. The average molecular weight is 346 g/mol. The summed E-state index contributed by atoms with van der Waals surface area (Å²) in [7, 11) is 0. The minimum absolute atomic E-state index is 0.111.